The van der Waals surface area contributed by atoms with Gasteiger partial charge in [0.1, 0.15) is 4.90 Å². The normalized spacial score (nSPS) is 16.5. The Labute approximate surface area is 190 Å². The highest BCUT2D eigenvalue weighted by molar-refractivity contribution is 7.94. The van der Waals surface area contributed by atoms with E-state index in [9.17, 15) is 16.8 Å². The summed E-state index contributed by atoms with van der Waals surface area (Å²) in [4.78, 5) is 3.14. The average Bonchev–Trinajstić information content (AvgIpc) is 3.24. The maximum atomic E-state index is 13.2. The molecule has 2 heterocycles. The van der Waals surface area contributed by atoms with Gasteiger partial charge < -0.3 is 21.5 Å². The summed E-state index contributed by atoms with van der Waals surface area (Å²) in [6, 6.07) is 7.74. The number of hydrogen-bond donors (Lipinski definition) is 5. The van der Waals surface area contributed by atoms with Crippen molar-refractivity contribution in [2.45, 2.75) is 15.0 Å². The molecule has 0 radical (unpaired) electrons. The smallest absolute Gasteiger partial charge is 0.240 e. The van der Waals surface area contributed by atoms with E-state index in [0.29, 0.717) is 11.3 Å². The highest BCUT2D eigenvalue weighted by atomic mass is 32.2. The molecule has 0 amide bonds. The van der Waals surface area contributed by atoms with Crippen LogP contribution in [-0.2, 0) is 19.9 Å². The molecule has 0 atom stereocenters. The minimum Gasteiger partial charge on any atom is -0.397 e. The number of aliphatic hydroxyl groups excluding tert-OH is 1. The number of nitrogens with two attached hydrogens (primary N) is 2. The Kier molecular flexibility index (Phi) is 6.20. The second-order valence-corrected chi connectivity index (χ2v) is 11.2. The van der Waals surface area contributed by atoms with Gasteiger partial charge in [0.2, 0.25) is 10.0 Å². The number of hydrogen-bond acceptors (Lipinski definition) is 11. The molecule has 1 saturated heterocycles. The lowest BCUT2D eigenvalue weighted by Crippen LogP contribution is -2.51. The molecule has 0 bridgehead atoms. The third kappa shape index (κ3) is 4.22. The second kappa shape index (κ2) is 8.79. The van der Waals surface area contributed by atoms with E-state index in [1.54, 1.807) is 18.2 Å². The summed E-state index contributed by atoms with van der Waals surface area (Å²) in [5, 5.41) is 27.5. The van der Waals surface area contributed by atoms with Gasteiger partial charge in [-0.3, -0.25) is 0 Å². The van der Waals surface area contributed by atoms with Gasteiger partial charge in [-0.15, -0.1) is 5.11 Å². The van der Waals surface area contributed by atoms with Gasteiger partial charge >= 0.3 is 0 Å². The number of rotatable bonds is 8. The molecule has 0 aromatic heterocycles. The number of primary sulfonamides is 1. The molecule has 0 spiro atoms. The van der Waals surface area contributed by atoms with Crippen LogP contribution >= 0.6 is 0 Å². The Balaban J connectivity index is 2.04. The van der Waals surface area contributed by atoms with E-state index >= 15 is 0 Å². The third-order valence-corrected chi connectivity index (χ3v) is 8.68. The monoisotopic (exact) mass is 493 g/mol. The highest BCUT2D eigenvalue weighted by Crippen LogP contribution is 2.40. The summed E-state index contributed by atoms with van der Waals surface area (Å²) in [6.07, 6.45) is 0. The Hall–Kier alpha value is -2.91. The number of amidine groups is 1. The van der Waals surface area contributed by atoms with Crippen LogP contribution in [0.25, 0.3) is 11.1 Å². The van der Waals surface area contributed by atoms with E-state index in [0.717, 1.165) is 0 Å². The number of para-hydroxylation sites is 1. The Morgan fingerprint density at radius 1 is 1.12 bits per heavy atom. The fourth-order valence-electron chi connectivity index (χ4n) is 3.68. The van der Waals surface area contributed by atoms with Crippen molar-refractivity contribution in [3.8, 4) is 11.1 Å². The SMILES string of the molecule is Nc1c(NCCO)cccc1-c1ccc(S(=O)(=O)C2CNC2)c(S(N)(=O)=O)c1C1=NCN=N1. The number of anilines is 2. The molecule has 2 aromatic carbocycles. The molecule has 0 unspecified atom stereocenters. The molecular formula is C19H23N7O5S2. The maximum Gasteiger partial charge on any atom is 0.240 e. The molecule has 2 aliphatic rings. The molecule has 176 valence electrons. The molecule has 4 rings (SSSR count). The van der Waals surface area contributed by atoms with Gasteiger partial charge in [0.15, 0.2) is 22.3 Å². The molecule has 2 aromatic rings. The Morgan fingerprint density at radius 2 is 1.88 bits per heavy atom. The summed E-state index contributed by atoms with van der Waals surface area (Å²) in [6.45, 7) is 0.502. The third-order valence-electron chi connectivity index (χ3n) is 5.39. The lowest BCUT2D eigenvalue weighted by molar-refractivity contribution is 0.311. The van der Waals surface area contributed by atoms with Crippen molar-refractivity contribution in [3.63, 3.8) is 0 Å². The van der Waals surface area contributed by atoms with Crippen LogP contribution in [0.2, 0.25) is 0 Å². The van der Waals surface area contributed by atoms with Crippen LogP contribution in [-0.4, -0.2) is 65.9 Å². The summed E-state index contributed by atoms with van der Waals surface area (Å²) in [5.74, 6) is -0.0501. The number of benzene rings is 2. The molecule has 12 nitrogen and oxygen atoms in total. The molecule has 1 fully saturated rings. The van der Waals surface area contributed by atoms with E-state index in [1.807, 2.05) is 0 Å². The van der Waals surface area contributed by atoms with Gasteiger partial charge in [-0.2, -0.15) is 5.11 Å². The van der Waals surface area contributed by atoms with E-state index in [2.05, 4.69) is 25.9 Å². The zero-order chi connectivity index (χ0) is 23.8. The van der Waals surface area contributed by atoms with Crippen LogP contribution < -0.4 is 21.5 Å². The first-order valence-corrected chi connectivity index (χ1v) is 13.1. The summed E-state index contributed by atoms with van der Waals surface area (Å²) in [5.41, 5.74) is 7.75. The van der Waals surface area contributed by atoms with E-state index < -0.39 is 34.9 Å². The molecule has 33 heavy (non-hydrogen) atoms. The van der Waals surface area contributed by atoms with Crippen LogP contribution in [0.4, 0.5) is 11.4 Å². The minimum atomic E-state index is -4.54. The number of azo groups is 1. The van der Waals surface area contributed by atoms with Gasteiger partial charge in [0, 0.05) is 25.2 Å². The van der Waals surface area contributed by atoms with Gasteiger partial charge in [-0.1, -0.05) is 18.2 Å². The van der Waals surface area contributed by atoms with Gasteiger partial charge in [0.25, 0.3) is 0 Å². The zero-order valence-corrected chi connectivity index (χ0v) is 19.0. The predicted molar refractivity (Wildman–Crippen MR) is 123 cm³/mol. The molecular weight excluding hydrogens is 470 g/mol. The summed E-state index contributed by atoms with van der Waals surface area (Å²) >= 11 is 0. The van der Waals surface area contributed by atoms with Gasteiger partial charge in [0.05, 0.1) is 33.7 Å². The number of aliphatic imine (C=N–C) groups is 1. The van der Waals surface area contributed by atoms with Crippen molar-refractivity contribution in [1.82, 2.24) is 5.32 Å². The first-order valence-electron chi connectivity index (χ1n) is 9.96. The van der Waals surface area contributed by atoms with Crippen molar-refractivity contribution < 1.29 is 21.9 Å². The van der Waals surface area contributed by atoms with Crippen LogP contribution in [0.3, 0.4) is 0 Å². The lowest BCUT2D eigenvalue weighted by Gasteiger charge is -2.28. The Morgan fingerprint density at radius 3 is 2.45 bits per heavy atom. The number of sulfone groups is 1. The van der Waals surface area contributed by atoms with Crippen molar-refractivity contribution in [2.75, 3.05) is 44.0 Å². The first kappa shape index (κ1) is 23.3. The number of nitrogens with one attached hydrogen (secondary N) is 2. The quantitative estimate of drug-likeness (QED) is 0.314. The molecule has 14 heteroatoms. The summed E-state index contributed by atoms with van der Waals surface area (Å²) < 4.78 is 52.0. The molecule has 7 N–H and O–H groups in total. The molecule has 2 aliphatic heterocycles. The van der Waals surface area contributed by atoms with Crippen LogP contribution in [0.15, 0.2) is 55.3 Å². The standard InChI is InChI=1S/C19H23N7O5S2/c20-17-13(2-1-3-14(17)23-6-7-27)12-4-5-15(32(28,29)11-8-22-9-11)18(33(21,30)31)16(12)19-24-10-25-26-19/h1-5,11,22-23,27H,6-10,20H2,(H2,21,30,31). The van der Waals surface area contributed by atoms with E-state index in [1.165, 1.54) is 12.1 Å². The molecule has 0 saturated carbocycles. The fourth-order valence-corrected chi connectivity index (χ4v) is 6.86. The minimum absolute atomic E-state index is 0.0318. The van der Waals surface area contributed by atoms with Gasteiger partial charge in [-0.05, 0) is 17.7 Å². The van der Waals surface area contributed by atoms with Gasteiger partial charge in [-0.25, -0.2) is 27.0 Å². The Bertz CT molecular complexity index is 1370. The predicted octanol–water partition coefficient (Wildman–Crippen LogP) is -0.0972. The van der Waals surface area contributed by atoms with Crippen molar-refractivity contribution in [1.29, 1.82) is 0 Å². The number of sulfonamides is 1. The second-order valence-electron chi connectivity index (χ2n) is 7.47. The van der Waals surface area contributed by atoms with Crippen molar-refractivity contribution in [2.24, 2.45) is 20.4 Å². The molecule has 0 aliphatic carbocycles. The number of nitrogens with zero attached hydrogens (tertiary/aromatic N) is 3. The van der Waals surface area contributed by atoms with Crippen LogP contribution in [0.5, 0.6) is 0 Å². The average molecular weight is 494 g/mol. The van der Waals surface area contributed by atoms with E-state index in [-0.39, 0.29) is 55.6 Å². The topological polar surface area (TPSA) is 202 Å². The van der Waals surface area contributed by atoms with Crippen LogP contribution in [0, 0.1) is 0 Å². The van der Waals surface area contributed by atoms with E-state index in [4.69, 9.17) is 16.0 Å². The first-order chi connectivity index (χ1) is 15.7. The zero-order valence-electron chi connectivity index (χ0n) is 17.4. The number of nitrogen functional groups attached to an aromatic ring is 1. The fraction of sp³-hybridized carbons (Fsp3) is 0.316. The highest BCUT2D eigenvalue weighted by Gasteiger charge is 2.39. The van der Waals surface area contributed by atoms with Crippen molar-refractivity contribution >= 4 is 37.1 Å². The van der Waals surface area contributed by atoms with Crippen molar-refractivity contribution in [3.05, 3.63) is 35.9 Å². The lowest BCUT2D eigenvalue weighted by atomic mass is 9.96. The maximum absolute atomic E-state index is 13.2. The van der Waals surface area contributed by atoms with Crippen LogP contribution in [0.1, 0.15) is 5.56 Å². The number of aliphatic hydroxyl groups is 1. The largest absolute Gasteiger partial charge is 0.397 e. The summed E-state index contributed by atoms with van der Waals surface area (Å²) in [7, 11) is -8.56.